The zero-order valence-corrected chi connectivity index (χ0v) is 13.5. The van der Waals surface area contributed by atoms with Gasteiger partial charge in [-0.25, -0.2) is 4.98 Å². The third-order valence-electron chi connectivity index (χ3n) is 3.60. The quantitative estimate of drug-likeness (QED) is 0.417. The van der Waals surface area contributed by atoms with Crippen molar-refractivity contribution in [2.24, 2.45) is 0 Å². The second-order valence-electron chi connectivity index (χ2n) is 5.31. The van der Waals surface area contributed by atoms with Gasteiger partial charge in [0.05, 0.1) is 4.92 Å². The Kier molecular flexibility index (Phi) is 4.42. The van der Waals surface area contributed by atoms with Gasteiger partial charge in [0.15, 0.2) is 0 Å². The summed E-state index contributed by atoms with van der Waals surface area (Å²) in [5.74, 6) is 0.706. The number of nitro groups is 1. The molecule has 3 aromatic rings. The van der Waals surface area contributed by atoms with Gasteiger partial charge in [-0.1, -0.05) is 6.07 Å². The average molecular weight is 336 g/mol. The average Bonchev–Trinajstić information content (AvgIpc) is 2.61. The second-order valence-corrected chi connectivity index (χ2v) is 5.31. The molecule has 126 valence electrons. The summed E-state index contributed by atoms with van der Waals surface area (Å²) in [5, 5.41) is 14.3. The van der Waals surface area contributed by atoms with Crippen LogP contribution in [0.1, 0.15) is 0 Å². The molecule has 0 radical (unpaired) electrons. The van der Waals surface area contributed by atoms with Gasteiger partial charge in [-0.15, -0.1) is 0 Å². The number of hydrogen-bond acceptors (Lipinski definition) is 7. The number of nitrogens with zero attached hydrogens (tertiary/aromatic N) is 4. The standard InChI is InChI=1S/C17H16N6O2/c1-22(14-7-9-19-10-8-14)16-6-5-15(23(24)25)17(21-16)20-13-4-2-3-12(18)11-13/h2-11H,18H2,1H3,(H,20,21). The largest absolute Gasteiger partial charge is 0.399 e. The molecule has 0 saturated carbocycles. The summed E-state index contributed by atoms with van der Waals surface area (Å²) in [6.45, 7) is 0. The van der Waals surface area contributed by atoms with Crippen molar-refractivity contribution >= 4 is 34.4 Å². The van der Waals surface area contributed by atoms with Gasteiger partial charge < -0.3 is 16.0 Å². The maximum Gasteiger partial charge on any atom is 0.311 e. The Morgan fingerprint density at radius 2 is 1.92 bits per heavy atom. The van der Waals surface area contributed by atoms with Gasteiger partial charge >= 0.3 is 5.69 Å². The van der Waals surface area contributed by atoms with E-state index in [-0.39, 0.29) is 11.5 Å². The third-order valence-corrected chi connectivity index (χ3v) is 3.60. The van der Waals surface area contributed by atoms with Gasteiger partial charge in [0.1, 0.15) is 5.82 Å². The first-order valence-electron chi connectivity index (χ1n) is 7.46. The minimum absolute atomic E-state index is 0.116. The van der Waals surface area contributed by atoms with Crippen molar-refractivity contribution in [1.82, 2.24) is 9.97 Å². The van der Waals surface area contributed by atoms with Gasteiger partial charge in [-0.2, -0.15) is 0 Å². The first-order chi connectivity index (χ1) is 12.0. The molecule has 0 amide bonds. The molecule has 2 heterocycles. The summed E-state index contributed by atoms with van der Waals surface area (Å²) in [7, 11) is 1.83. The fraction of sp³-hybridized carbons (Fsp3) is 0.0588. The van der Waals surface area contributed by atoms with Crippen molar-refractivity contribution in [3.05, 3.63) is 71.0 Å². The third kappa shape index (κ3) is 3.63. The highest BCUT2D eigenvalue weighted by Crippen LogP contribution is 2.30. The molecule has 2 aromatic heterocycles. The van der Waals surface area contributed by atoms with Crippen molar-refractivity contribution < 1.29 is 4.92 Å². The lowest BCUT2D eigenvalue weighted by molar-refractivity contribution is -0.384. The van der Waals surface area contributed by atoms with E-state index in [1.165, 1.54) is 6.07 Å². The lowest BCUT2D eigenvalue weighted by atomic mass is 10.2. The molecule has 1 aromatic carbocycles. The summed E-state index contributed by atoms with van der Waals surface area (Å²) in [6, 6.07) is 13.6. The fourth-order valence-corrected chi connectivity index (χ4v) is 2.32. The Morgan fingerprint density at radius 1 is 1.16 bits per heavy atom. The highest BCUT2D eigenvalue weighted by Gasteiger charge is 2.18. The molecule has 0 bridgehead atoms. The van der Waals surface area contributed by atoms with Gasteiger partial charge in [0.25, 0.3) is 0 Å². The van der Waals surface area contributed by atoms with Crippen LogP contribution in [0.3, 0.4) is 0 Å². The van der Waals surface area contributed by atoms with Crippen molar-refractivity contribution in [1.29, 1.82) is 0 Å². The highest BCUT2D eigenvalue weighted by molar-refractivity contribution is 5.71. The van der Waals surface area contributed by atoms with E-state index in [0.717, 1.165) is 5.69 Å². The Balaban J connectivity index is 1.99. The Bertz CT molecular complexity index is 901. The summed E-state index contributed by atoms with van der Waals surface area (Å²) < 4.78 is 0. The minimum Gasteiger partial charge on any atom is -0.399 e. The molecule has 8 heteroatoms. The van der Waals surface area contributed by atoms with Crippen molar-refractivity contribution in [2.45, 2.75) is 0 Å². The summed E-state index contributed by atoms with van der Waals surface area (Å²) in [6.07, 6.45) is 3.34. The molecule has 25 heavy (non-hydrogen) atoms. The van der Waals surface area contributed by atoms with Gasteiger partial charge in [-0.3, -0.25) is 15.1 Å². The number of benzene rings is 1. The van der Waals surface area contributed by atoms with Crippen molar-refractivity contribution in [3.63, 3.8) is 0 Å². The smallest absolute Gasteiger partial charge is 0.311 e. The lowest BCUT2D eigenvalue weighted by Crippen LogP contribution is -2.12. The van der Waals surface area contributed by atoms with Crippen molar-refractivity contribution in [3.8, 4) is 0 Å². The van der Waals surface area contributed by atoms with E-state index in [1.807, 2.05) is 24.1 Å². The molecule has 8 nitrogen and oxygen atoms in total. The molecule has 0 aliphatic carbocycles. The topological polar surface area (TPSA) is 110 Å². The predicted octanol–water partition coefficient (Wildman–Crippen LogP) is 3.48. The van der Waals surface area contributed by atoms with Gasteiger partial charge in [-0.05, 0) is 36.4 Å². The van der Waals surface area contributed by atoms with Crippen LogP contribution in [-0.2, 0) is 0 Å². The second kappa shape index (κ2) is 6.83. The van der Waals surface area contributed by atoms with Crippen LogP contribution < -0.4 is 16.0 Å². The van der Waals surface area contributed by atoms with Gasteiger partial charge in [0, 0.05) is 42.6 Å². The Morgan fingerprint density at radius 3 is 2.60 bits per heavy atom. The van der Waals surface area contributed by atoms with E-state index >= 15 is 0 Å². The zero-order valence-electron chi connectivity index (χ0n) is 13.5. The summed E-state index contributed by atoms with van der Waals surface area (Å²) in [4.78, 5) is 21.0. The SMILES string of the molecule is CN(c1ccncc1)c1ccc([N+](=O)[O-])c(Nc2cccc(N)c2)n1. The van der Waals surface area contributed by atoms with Crippen LogP contribution in [0.5, 0.6) is 0 Å². The van der Waals surface area contributed by atoms with Crippen LogP contribution in [0, 0.1) is 10.1 Å². The first-order valence-corrected chi connectivity index (χ1v) is 7.46. The van der Waals surface area contributed by atoms with E-state index in [4.69, 9.17) is 5.73 Å². The Labute approximate surface area is 144 Å². The summed E-state index contributed by atoms with van der Waals surface area (Å²) >= 11 is 0. The molecule has 0 fully saturated rings. The van der Waals surface area contributed by atoms with E-state index < -0.39 is 4.92 Å². The molecule has 0 unspecified atom stereocenters. The van der Waals surface area contributed by atoms with Gasteiger partial charge in [0.2, 0.25) is 5.82 Å². The number of rotatable bonds is 5. The van der Waals surface area contributed by atoms with Crippen LogP contribution in [-0.4, -0.2) is 21.9 Å². The molecule has 3 N–H and O–H groups in total. The number of pyridine rings is 2. The fourth-order valence-electron chi connectivity index (χ4n) is 2.32. The number of nitrogens with one attached hydrogen (secondary N) is 1. The molecule has 0 aliphatic heterocycles. The van der Waals surface area contributed by atoms with Crippen LogP contribution in [0.25, 0.3) is 0 Å². The molecular weight excluding hydrogens is 320 g/mol. The van der Waals surface area contributed by atoms with Crippen molar-refractivity contribution in [2.75, 3.05) is 23.0 Å². The first kappa shape index (κ1) is 16.2. The number of nitrogens with two attached hydrogens (primary N) is 1. The molecule has 0 saturated heterocycles. The van der Waals surface area contributed by atoms with Crippen LogP contribution in [0.15, 0.2) is 60.9 Å². The molecule has 3 rings (SSSR count). The maximum atomic E-state index is 11.3. The lowest BCUT2D eigenvalue weighted by Gasteiger charge is -2.19. The molecule has 0 aliphatic rings. The van der Waals surface area contributed by atoms with Crippen LogP contribution in [0.2, 0.25) is 0 Å². The summed E-state index contributed by atoms with van der Waals surface area (Å²) in [5.41, 5.74) is 7.68. The van der Waals surface area contributed by atoms with E-state index in [1.54, 1.807) is 42.7 Å². The number of aromatic nitrogens is 2. The van der Waals surface area contributed by atoms with E-state index in [0.29, 0.717) is 17.2 Å². The van der Waals surface area contributed by atoms with E-state index in [2.05, 4.69) is 15.3 Å². The number of anilines is 5. The number of nitrogen functional groups attached to an aromatic ring is 1. The Hall–Kier alpha value is -3.68. The molecule has 0 atom stereocenters. The minimum atomic E-state index is -0.474. The molecular formula is C17H16N6O2. The predicted molar refractivity (Wildman–Crippen MR) is 97.3 cm³/mol. The normalized spacial score (nSPS) is 10.3. The monoisotopic (exact) mass is 336 g/mol. The zero-order chi connectivity index (χ0) is 17.8. The van der Waals surface area contributed by atoms with E-state index in [9.17, 15) is 10.1 Å². The highest BCUT2D eigenvalue weighted by atomic mass is 16.6. The maximum absolute atomic E-state index is 11.3. The molecule has 0 spiro atoms. The number of hydrogen-bond donors (Lipinski definition) is 2. The van der Waals surface area contributed by atoms with Crippen LogP contribution in [0.4, 0.5) is 34.4 Å². The van der Waals surface area contributed by atoms with Crippen LogP contribution >= 0.6 is 0 Å².